The van der Waals surface area contributed by atoms with Crippen molar-refractivity contribution in [2.24, 2.45) is 46.3 Å². The summed E-state index contributed by atoms with van der Waals surface area (Å²) < 4.78 is 0. The first-order chi connectivity index (χ1) is 19.0. The van der Waals surface area contributed by atoms with E-state index in [-0.39, 0.29) is 31.1 Å². The maximum atomic E-state index is 4.93. The Balaban J connectivity index is 0.00000118. The van der Waals surface area contributed by atoms with Gasteiger partial charge in [-0.1, -0.05) is 127 Å². The molecule has 0 nitrogen and oxygen atoms in total. The van der Waals surface area contributed by atoms with Crippen molar-refractivity contribution in [1.82, 2.24) is 0 Å². The van der Waals surface area contributed by atoms with Crippen molar-refractivity contribution >= 4 is 17.0 Å². The van der Waals surface area contributed by atoms with Gasteiger partial charge in [-0.3, -0.25) is 0 Å². The second-order valence-electron chi connectivity index (χ2n) is 14.6. The molecule has 0 heterocycles. The third-order valence-electron chi connectivity index (χ3n) is 10.4. The van der Waals surface area contributed by atoms with Crippen molar-refractivity contribution in [3.05, 3.63) is 111 Å². The monoisotopic (exact) mass is 684 g/mol. The third-order valence-corrected chi connectivity index (χ3v) is 10.4. The molecule has 5 rings (SSSR count). The Morgan fingerprint density at radius 1 is 0.786 bits per heavy atom. The fourth-order valence-corrected chi connectivity index (χ4v) is 8.58. The van der Waals surface area contributed by atoms with Crippen LogP contribution in [0.25, 0.3) is 0 Å². The molecular formula is C39H56Cl2Zr. The van der Waals surface area contributed by atoms with E-state index in [1.54, 1.807) is 5.56 Å². The van der Waals surface area contributed by atoms with E-state index in [9.17, 15) is 0 Å². The molecule has 0 N–H and O–H groups in total. The summed E-state index contributed by atoms with van der Waals surface area (Å²) in [6.45, 7) is 18.5. The SMILES string of the molecule is C=CCCC(c1ccccc1)(C1CCCC1)C1C2C=C(C(C)(C)C)C=CC2C2C=CC(C(C)(C)C)=CC21.[CH3-].[CH3-].[Cl][Zr+2][Cl]. The summed E-state index contributed by atoms with van der Waals surface area (Å²) >= 11 is -0.826. The number of hydrogen-bond donors (Lipinski definition) is 0. The van der Waals surface area contributed by atoms with E-state index in [4.69, 9.17) is 17.0 Å². The summed E-state index contributed by atoms with van der Waals surface area (Å²) in [6, 6.07) is 11.8. The molecule has 2 fully saturated rings. The molecule has 42 heavy (non-hydrogen) atoms. The van der Waals surface area contributed by atoms with Gasteiger partial charge in [-0.2, -0.15) is 0 Å². The Kier molecular flexibility index (Phi) is 13.9. The molecule has 0 aliphatic heterocycles. The second kappa shape index (κ2) is 15.6. The zero-order valence-electron chi connectivity index (χ0n) is 27.6. The van der Waals surface area contributed by atoms with Gasteiger partial charge in [-0.05, 0) is 88.7 Å². The molecule has 0 saturated heterocycles. The van der Waals surface area contributed by atoms with Crippen molar-refractivity contribution in [1.29, 1.82) is 0 Å². The molecule has 230 valence electrons. The number of allylic oxidation sites excluding steroid dienone is 9. The summed E-state index contributed by atoms with van der Waals surface area (Å²) in [4.78, 5) is 0. The average molecular weight is 687 g/mol. The van der Waals surface area contributed by atoms with Crippen molar-refractivity contribution in [2.45, 2.75) is 85.5 Å². The van der Waals surface area contributed by atoms with Crippen LogP contribution in [0.1, 0.15) is 85.6 Å². The predicted octanol–water partition coefficient (Wildman–Crippen LogP) is 12.5. The molecule has 4 aliphatic rings. The molecule has 5 atom stereocenters. The molecule has 4 aliphatic carbocycles. The number of hydrogen-bond acceptors (Lipinski definition) is 0. The molecule has 5 unspecified atom stereocenters. The van der Waals surface area contributed by atoms with Crippen LogP contribution in [0.3, 0.4) is 0 Å². The Bertz CT molecular complexity index is 1070. The van der Waals surface area contributed by atoms with Crippen molar-refractivity contribution in [3.8, 4) is 0 Å². The van der Waals surface area contributed by atoms with Crippen molar-refractivity contribution < 1.29 is 20.8 Å². The van der Waals surface area contributed by atoms with Crippen LogP contribution in [-0.4, -0.2) is 0 Å². The van der Waals surface area contributed by atoms with Gasteiger partial charge in [0.1, 0.15) is 0 Å². The predicted molar refractivity (Wildman–Crippen MR) is 185 cm³/mol. The molecule has 3 heteroatoms. The summed E-state index contributed by atoms with van der Waals surface area (Å²) in [5.74, 6) is 3.65. The van der Waals surface area contributed by atoms with Crippen LogP contribution in [0, 0.1) is 61.2 Å². The molecule has 1 aromatic carbocycles. The standard InChI is InChI=1S/C37H50.2CH3.2ClH.Zr/c1-8-9-23-37(27-17-13-14-18-27,26-15-11-10-12-16-26)34-32-24-28(35(2,3)4)19-21-30(32)31-22-20-29(25-33(31)34)36(5,6)7;;;;;/h8,10-12,15-16,19-22,24-25,27,30-34H,1,9,13-14,17-18,23H2,2-7H3;2*1H3;2*1H;/q;2*-1;;;+4/p-2. The van der Waals surface area contributed by atoms with Crippen molar-refractivity contribution in [2.75, 3.05) is 0 Å². The molecule has 2 saturated carbocycles. The van der Waals surface area contributed by atoms with Gasteiger partial charge in [0.2, 0.25) is 0 Å². The Hall–Kier alpha value is -0.617. The first-order valence-electron chi connectivity index (χ1n) is 15.4. The summed E-state index contributed by atoms with van der Waals surface area (Å²) in [5.41, 5.74) is 5.16. The second-order valence-corrected chi connectivity index (χ2v) is 18.3. The Labute approximate surface area is 278 Å². The van der Waals surface area contributed by atoms with Gasteiger partial charge in [0.15, 0.2) is 0 Å². The van der Waals surface area contributed by atoms with Gasteiger partial charge in [0, 0.05) is 5.41 Å². The van der Waals surface area contributed by atoms with Crippen LogP contribution in [-0.2, 0) is 26.3 Å². The maximum absolute atomic E-state index is 4.93. The van der Waals surface area contributed by atoms with Gasteiger partial charge in [0.25, 0.3) is 0 Å². The molecule has 0 radical (unpaired) electrons. The Morgan fingerprint density at radius 2 is 1.24 bits per heavy atom. The quantitative estimate of drug-likeness (QED) is 0.206. The Morgan fingerprint density at radius 3 is 1.64 bits per heavy atom. The minimum atomic E-state index is -0.826. The first-order valence-corrected chi connectivity index (χ1v) is 21.8. The zero-order chi connectivity index (χ0) is 29.1. The number of halogens is 2. The van der Waals surface area contributed by atoms with E-state index >= 15 is 0 Å². The van der Waals surface area contributed by atoms with E-state index in [0.717, 1.165) is 12.3 Å². The summed E-state index contributed by atoms with van der Waals surface area (Å²) in [7, 11) is 9.87. The van der Waals surface area contributed by atoms with Crippen LogP contribution < -0.4 is 0 Å². The van der Waals surface area contributed by atoms with Crippen LogP contribution in [0.2, 0.25) is 0 Å². The fourth-order valence-electron chi connectivity index (χ4n) is 8.58. The molecular weight excluding hydrogens is 631 g/mol. The van der Waals surface area contributed by atoms with E-state index in [2.05, 4.69) is 121 Å². The molecule has 0 aromatic heterocycles. The zero-order valence-corrected chi connectivity index (χ0v) is 31.6. The number of rotatable bonds is 6. The summed E-state index contributed by atoms with van der Waals surface area (Å²) in [5, 5.41) is 0. The molecule has 0 spiro atoms. The fraction of sp³-hybridized carbons (Fsp3) is 0.538. The van der Waals surface area contributed by atoms with E-state index < -0.39 is 20.8 Å². The topological polar surface area (TPSA) is 0 Å². The molecule has 0 amide bonds. The van der Waals surface area contributed by atoms with Crippen LogP contribution >= 0.6 is 17.0 Å². The normalized spacial score (nSPS) is 27.9. The third kappa shape index (κ3) is 7.60. The number of benzene rings is 1. The van der Waals surface area contributed by atoms with Crippen LogP contribution in [0.15, 0.2) is 90.6 Å². The van der Waals surface area contributed by atoms with E-state index in [1.165, 1.54) is 43.3 Å². The summed E-state index contributed by atoms with van der Waals surface area (Å²) in [6.07, 6.45) is 25.7. The minimum absolute atomic E-state index is 0. The van der Waals surface area contributed by atoms with Crippen molar-refractivity contribution in [3.63, 3.8) is 0 Å². The molecule has 1 aromatic rings. The first kappa shape index (κ1) is 37.6. The average Bonchev–Trinajstić information content (AvgIpc) is 3.56. The van der Waals surface area contributed by atoms with Gasteiger partial charge in [-0.15, -0.1) is 6.58 Å². The van der Waals surface area contributed by atoms with Gasteiger partial charge in [-0.25, -0.2) is 0 Å². The van der Waals surface area contributed by atoms with Gasteiger partial charge in [0.05, 0.1) is 0 Å². The molecule has 0 bridgehead atoms. The van der Waals surface area contributed by atoms with Gasteiger partial charge >= 0.3 is 37.9 Å². The van der Waals surface area contributed by atoms with Crippen LogP contribution in [0.5, 0.6) is 0 Å². The van der Waals surface area contributed by atoms with E-state index in [0.29, 0.717) is 29.6 Å². The number of fused-ring (bicyclic) bond motifs is 3. The van der Waals surface area contributed by atoms with Gasteiger partial charge < -0.3 is 14.9 Å². The van der Waals surface area contributed by atoms with E-state index in [1.807, 2.05) is 0 Å². The van der Waals surface area contributed by atoms with Crippen LogP contribution in [0.4, 0.5) is 0 Å².